The predicted octanol–water partition coefficient (Wildman–Crippen LogP) is 5.11. The van der Waals surface area contributed by atoms with Crippen LogP contribution in [0.5, 0.6) is 0 Å². The highest BCUT2D eigenvalue weighted by atomic mass is 32.2. The van der Waals surface area contributed by atoms with E-state index in [-0.39, 0.29) is 0 Å². The predicted molar refractivity (Wildman–Crippen MR) is 92.3 cm³/mol. The van der Waals surface area contributed by atoms with E-state index < -0.39 is 8.07 Å². The molecular formula is C17H28SSi. The van der Waals surface area contributed by atoms with Crippen LogP contribution in [0.15, 0.2) is 18.2 Å². The zero-order valence-corrected chi connectivity index (χ0v) is 14.8. The third-order valence-corrected chi connectivity index (χ3v) is 7.62. The van der Waals surface area contributed by atoms with Crippen molar-refractivity contribution in [1.82, 2.24) is 0 Å². The summed E-state index contributed by atoms with van der Waals surface area (Å²) in [5.74, 6) is 1.23. The molecule has 106 valence electrons. The normalized spacial score (nSPS) is 17.7. The van der Waals surface area contributed by atoms with Crippen molar-refractivity contribution < 1.29 is 0 Å². The average molecular weight is 293 g/mol. The van der Waals surface area contributed by atoms with Crippen LogP contribution in [-0.4, -0.2) is 13.3 Å². The van der Waals surface area contributed by atoms with Crippen LogP contribution >= 0.6 is 11.8 Å². The lowest BCUT2D eigenvalue weighted by Crippen LogP contribution is -2.40. The van der Waals surface area contributed by atoms with Crippen LogP contribution in [0.25, 0.3) is 0 Å². The lowest BCUT2D eigenvalue weighted by molar-refractivity contribution is 0.516. The second kappa shape index (κ2) is 6.49. The largest absolute Gasteiger partial charge is 0.154 e. The van der Waals surface area contributed by atoms with E-state index in [9.17, 15) is 0 Å². The molecule has 1 aliphatic rings. The Kier molecular flexibility index (Phi) is 5.19. The molecule has 0 aromatic heterocycles. The number of aryl methyl sites for hydroxylation is 1. The van der Waals surface area contributed by atoms with E-state index in [1.807, 2.05) is 0 Å². The maximum Gasteiger partial charge on any atom is 0.0779 e. The van der Waals surface area contributed by atoms with Gasteiger partial charge >= 0.3 is 0 Å². The molecular weight excluding hydrogens is 264 g/mol. The highest BCUT2D eigenvalue weighted by Crippen LogP contribution is 2.30. The van der Waals surface area contributed by atoms with Gasteiger partial charge in [0.15, 0.2) is 0 Å². The van der Waals surface area contributed by atoms with E-state index in [2.05, 4.69) is 56.5 Å². The summed E-state index contributed by atoms with van der Waals surface area (Å²) in [6.07, 6.45) is 7.25. The van der Waals surface area contributed by atoms with Gasteiger partial charge in [0.1, 0.15) is 0 Å². The van der Waals surface area contributed by atoms with Crippen molar-refractivity contribution in [3.63, 3.8) is 0 Å². The van der Waals surface area contributed by atoms with E-state index in [0.717, 1.165) is 5.25 Å². The van der Waals surface area contributed by atoms with Crippen LogP contribution in [0.2, 0.25) is 19.6 Å². The fourth-order valence-corrected chi connectivity index (χ4v) is 6.17. The number of thioether (sulfide) groups is 1. The molecule has 2 heteroatoms. The standard InChI is InChI=1S/C17H28SSi/c1-14-10-11-17(19(2,3)4)15(12-14)13-18-16-8-6-5-7-9-16/h10-12,16H,5-9,13H2,1-4H3. The smallest absolute Gasteiger partial charge is 0.0779 e. The number of hydrogen-bond acceptors (Lipinski definition) is 1. The molecule has 19 heavy (non-hydrogen) atoms. The second-order valence-corrected chi connectivity index (χ2v) is 13.3. The first-order valence-electron chi connectivity index (χ1n) is 7.68. The summed E-state index contributed by atoms with van der Waals surface area (Å²) in [5, 5.41) is 2.59. The highest BCUT2D eigenvalue weighted by molar-refractivity contribution is 7.99. The summed E-state index contributed by atoms with van der Waals surface area (Å²) in [7, 11) is -1.20. The third kappa shape index (κ3) is 4.39. The van der Waals surface area contributed by atoms with Crippen LogP contribution in [0.1, 0.15) is 43.2 Å². The Hall–Kier alpha value is -0.213. The molecule has 0 spiro atoms. The number of hydrogen-bond donors (Lipinski definition) is 0. The average Bonchev–Trinajstić information content (AvgIpc) is 2.36. The fourth-order valence-electron chi connectivity index (χ4n) is 3.01. The molecule has 0 N–H and O–H groups in total. The summed E-state index contributed by atoms with van der Waals surface area (Å²) in [6.45, 7) is 9.62. The van der Waals surface area contributed by atoms with E-state index in [1.54, 1.807) is 10.8 Å². The van der Waals surface area contributed by atoms with Crippen molar-refractivity contribution >= 4 is 25.0 Å². The fraction of sp³-hybridized carbons (Fsp3) is 0.647. The minimum Gasteiger partial charge on any atom is -0.154 e. The first-order valence-corrected chi connectivity index (χ1v) is 12.2. The maximum absolute atomic E-state index is 2.46. The van der Waals surface area contributed by atoms with Crippen LogP contribution in [0.4, 0.5) is 0 Å². The van der Waals surface area contributed by atoms with Gasteiger partial charge in [-0.3, -0.25) is 0 Å². The van der Waals surface area contributed by atoms with E-state index >= 15 is 0 Å². The van der Waals surface area contributed by atoms with Crippen molar-refractivity contribution in [3.8, 4) is 0 Å². The van der Waals surface area contributed by atoms with Gasteiger partial charge in [0, 0.05) is 11.0 Å². The molecule has 1 aromatic rings. The highest BCUT2D eigenvalue weighted by Gasteiger charge is 2.21. The third-order valence-electron chi connectivity index (χ3n) is 4.10. The molecule has 0 nitrogen and oxygen atoms in total. The lowest BCUT2D eigenvalue weighted by atomic mass is 10.0. The Labute approximate surface area is 124 Å². The Morgan fingerprint density at radius 3 is 2.42 bits per heavy atom. The number of benzene rings is 1. The molecule has 0 heterocycles. The Balaban J connectivity index is 2.07. The van der Waals surface area contributed by atoms with Crippen molar-refractivity contribution in [2.45, 2.75) is 69.7 Å². The molecule has 1 aliphatic carbocycles. The zero-order valence-electron chi connectivity index (χ0n) is 13.0. The van der Waals surface area contributed by atoms with E-state index in [4.69, 9.17) is 0 Å². The van der Waals surface area contributed by atoms with Crippen LogP contribution in [0.3, 0.4) is 0 Å². The molecule has 1 aromatic carbocycles. The second-order valence-electron chi connectivity index (χ2n) is 6.98. The quantitative estimate of drug-likeness (QED) is 0.695. The van der Waals surface area contributed by atoms with Crippen molar-refractivity contribution in [2.24, 2.45) is 0 Å². The number of rotatable bonds is 4. The van der Waals surface area contributed by atoms with Crippen LogP contribution < -0.4 is 5.19 Å². The summed E-state index contributed by atoms with van der Waals surface area (Å²) >= 11 is 2.21. The van der Waals surface area contributed by atoms with Crippen LogP contribution in [0, 0.1) is 6.92 Å². The van der Waals surface area contributed by atoms with Gasteiger partial charge in [-0.05, 0) is 25.3 Å². The van der Waals surface area contributed by atoms with Gasteiger partial charge in [-0.1, -0.05) is 67.9 Å². The first kappa shape index (κ1) is 15.2. The van der Waals surface area contributed by atoms with Gasteiger partial charge in [0.2, 0.25) is 0 Å². The summed E-state index contributed by atoms with van der Waals surface area (Å²) in [5.41, 5.74) is 3.04. The minimum absolute atomic E-state index is 0.920. The molecule has 0 unspecified atom stereocenters. The molecule has 1 saturated carbocycles. The molecule has 1 fully saturated rings. The lowest BCUT2D eigenvalue weighted by Gasteiger charge is -2.24. The SMILES string of the molecule is Cc1ccc([Si](C)(C)C)c(CSC2CCCCC2)c1. The first-order chi connectivity index (χ1) is 8.97. The van der Waals surface area contributed by atoms with Gasteiger partial charge in [-0.25, -0.2) is 0 Å². The summed E-state index contributed by atoms with van der Waals surface area (Å²) in [4.78, 5) is 0. The van der Waals surface area contributed by atoms with Gasteiger partial charge < -0.3 is 0 Å². The summed E-state index contributed by atoms with van der Waals surface area (Å²) in [6, 6.07) is 7.13. The Morgan fingerprint density at radius 1 is 1.11 bits per heavy atom. The molecule has 0 radical (unpaired) electrons. The topological polar surface area (TPSA) is 0 Å². The van der Waals surface area contributed by atoms with Gasteiger partial charge in [0.25, 0.3) is 0 Å². The van der Waals surface area contributed by atoms with Crippen LogP contribution in [-0.2, 0) is 5.75 Å². The minimum atomic E-state index is -1.20. The molecule has 2 rings (SSSR count). The monoisotopic (exact) mass is 292 g/mol. The van der Waals surface area contributed by atoms with Crippen molar-refractivity contribution in [1.29, 1.82) is 0 Å². The molecule has 0 saturated heterocycles. The summed E-state index contributed by atoms with van der Waals surface area (Å²) < 4.78 is 0. The van der Waals surface area contributed by atoms with Crippen molar-refractivity contribution in [3.05, 3.63) is 29.3 Å². The van der Waals surface area contributed by atoms with Gasteiger partial charge in [-0.2, -0.15) is 11.8 Å². The Morgan fingerprint density at radius 2 is 1.79 bits per heavy atom. The molecule has 0 bridgehead atoms. The maximum atomic E-state index is 2.46. The van der Waals surface area contributed by atoms with E-state index in [1.165, 1.54) is 43.4 Å². The van der Waals surface area contributed by atoms with E-state index in [0.29, 0.717) is 0 Å². The van der Waals surface area contributed by atoms with Crippen molar-refractivity contribution in [2.75, 3.05) is 0 Å². The molecule has 0 amide bonds. The van der Waals surface area contributed by atoms with Gasteiger partial charge in [-0.15, -0.1) is 0 Å². The zero-order chi connectivity index (χ0) is 13.9. The molecule has 0 atom stereocenters. The Bertz CT molecular complexity index is 414. The molecule has 0 aliphatic heterocycles. The van der Waals surface area contributed by atoms with Gasteiger partial charge in [0.05, 0.1) is 8.07 Å².